The van der Waals surface area contributed by atoms with Crippen LogP contribution in [0.3, 0.4) is 0 Å². The number of nitrogens with one attached hydrogen (secondary N) is 3. The fourth-order valence-electron chi connectivity index (χ4n) is 3.32. The zero-order valence-electron chi connectivity index (χ0n) is 18.4. The van der Waals surface area contributed by atoms with Crippen LogP contribution < -0.4 is 16.1 Å². The minimum absolute atomic E-state index is 0.0133. The Morgan fingerprint density at radius 2 is 1.59 bits per heavy atom. The molecule has 0 aliphatic heterocycles. The van der Waals surface area contributed by atoms with E-state index in [0.717, 1.165) is 11.0 Å². The Bertz CT molecular complexity index is 796. The molecule has 180 valence electrons. The van der Waals surface area contributed by atoms with Crippen molar-refractivity contribution in [3.8, 4) is 0 Å². The van der Waals surface area contributed by atoms with E-state index >= 15 is 0 Å². The average Bonchev–Trinajstić information content (AvgIpc) is 2.72. The van der Waals surface area contributed by atoms with E-state index in [0.29, 0.717) is 0 Å². The van der Waals surface area contributed by atoms with Crippen LogP contribution in [-0.2, 0) is 20.8 Å². The minimum Gasteiger partial charge on any atom is -0.372 e. The normalized spacial score (nSPS) is 15.8. The molecule has 0 heterocycles. The molecule has 8 nitrogen and oxygen atoms in total. The van der Waals surface area contributed by atoms with E-state index in [9.17, 15) is 32.7 Å². The zero-order chi connectivity index (χ0) is 24.7. The second kappa shape index (κ2) is 10.8. The van der Waals surface area contributed by atoms with Crippen LogP contribution in [0.5, 0.6) is 0 Å². The summed E-state index contributed by atoms with van der Waals surface area (Å²) in [6, 6.07) is 7.48. The van der Waals surface area contributed by atoms with Crippen LogP contribution in [0.15, 0.2) is 30.3 Å². The van der Waals surface area contributed by atoms with Gasteiger partial charge in [-0.1, -0.05) is 51.1 Å². The molecule has 0 aromatic heterocycles. The highest BCUT2D eigenvalue weighted by molar-refractivity contribution is 5.95. The highest BCUT2D eigenvalue weighted by atomic mass is 19.4. The lowest BCUT2D eigenvalue weighted by molar-refractivity contribution is -0.269. The molecule has 3 amide bonds. The summed E-state index contributed by atoms with van der Waals surface area (Å²) in [4.78, 5) is 37.1. The van der Waals surface area contributed by atoms with Crippen LogP contribution in [0.4, 0.5) is 13.2 Å². The number of hydrogen-bond donors (Lipinski definition) is 5. The molecular weight excluding hydrogens is 431 g/mol. The molecule has 3 atom stereocenters. The van der Waals surface area contributed by atoms with Crippen LogP contribution in [0.1, 0.15) is 39.2 Å². The summed E-state index contributed by atoms with van der Waals surface area (Å²) in [5, 5.41) is 23.8. The van der Waals surface area contributed by atoms with Crippen molar-refractivity contribution in [2.45, 2.75) is 57.9 Å². The molecule has 0 radical (unpaired) electrons. The third-order valence-corrected chi connectivity index (χ3v) is 5.16. The second-order valence-electron chi connectivity index (χ2n) is 8.56. The van der Waals surface area contributed by atoms with Gasteiger partial charge < -0.3 is 15.7 Å². The van der Waals surface area contributed by atoms with Crippen LogP contribution >= 0.6 is 0 Å². The number of hydroxylamine groups is 1. The lowest BCUT2D eigenvalue weighted by Gasteiger charge is -2.37. The molecule has 0 bridgehead atoms. The van der Waals surface area contributed by atoms with Crippen molar-refractivity contribution in [2.75, 3.05) is 7.05 Å². The maximum atomic E-state index is 13.8. The number of carbonyl (C=O) groups is 3. The molecular formula is C21H30F3N3O5. The molecule has 11 heteroatoms. The molecule has 0 aliphatic carbocycles. The van der Waals surface area contributed by atoms with Gasteiger partial charge in [0.25, 0.3) is 11.5 Å². The highest BCUT2D eigenvalue weighted by Gasteiger charge is 2.66. The molecule has 0 fully saturated rings. The van der Waals surface area contributed by atoms with Gasteiger partial charge in [-0.05, 0) is 30.2 Å². The standard InChI is InChI=1S/C21H30F3N3O5/c1-19(2,3)15(17(29)25-4)26-16(28)14(12-8-11-13-9-6-5-7-10-13)20(31,18(30)27-32)21(22,23)24/h5-7,9-10,14-15,31-32H,8,11-12H2,1-4H3,(H,25,29)(H,26,28)(H,27,30)/t14-,15+,20+/m0/s1. The van der Waals surface area contributed by atoms with Crippen molar-refractivity contribution in [1.82, 2.24) is 16.1 Å². The fourth-order valence-corrected chi connectivity index (χ4v) is 3.32. The van der Waals surface area contributed by atoms with Gasteiger partial charge in [0.15, 0.2) is 0 Å². The molecule has 32 heavy (non-hydrogen) atoms. The molecule has 0 unspecified atom stereocenters. The Hall–Kier alpha value is -2.66. The van der Waals surface area contributed by atoms with Gasteiger partial charge >= 0.3 is 6.18 Å². The largest absolute Gasteiger partial charge is 0.427 e. The van der Waals surface area contributed by atoms with Crippen LogP contribution in [0, 0.1) is 11.3 Å². The summed E-state index contributed by atoms with van der Waals surface area (Å²) >= 11 is 0. The SMILES string of the molecule is CNC(=O)[C@@H](NC(=O)[C@H](CCCc1ccccc1)[C@@](O)(C(=O)NO)C(F)(F)F)C(C)(C)C. The van der Waals surface area contributed by atoms with E-state index in [4.69, 9.17) is 5.21 Å². The lowest BCUT2D eigenvalue weighted by atomic mass is 9.79. The zero-order valence-corrected chi connectivity index (χ0v) is 18.4. The quantitative estimate of drug-likeness (QED) is 0.283. The van der Waals surface area contributed by atoms with Crippen molar-refractivity contribution in [3.05, 3.63) is 35.9 Å². The van der Waals surface area contributed by atoms with E-state index in [-0.39, 0.29) is 12.8 Å². The first-order chi connectivity index (χ1) is 14.7. The number of aryl methyl sites for hydroxylation is 1. The Morgan fingerprint density at radius 1 is 1.03 bits per heavy atom. The predicted octanol–water partition coefficient (Wildman–Crippen LogP) is 1.70. The molecule has 1 aromatic rings. The number of rotatable bonds is 9. The smallest absolute Gasteiger partial charge is 0.372 e. The number of halogens is 3. The highest BCUT2D eigenvalue weighted by Crippen LogP contribution is 2.39. The summed E-state index contributed by atoms with van der Waals surface area (Å²) in [7, 11) is 1.30. The summed E-state index contributed by atoms with van der Waals surface area (Å²) in [6.07, 6.45) is -5.84. The first-order valence-electron chi connectivity index (χ1n) is 9.99. The van der Waals surface area contributed by atoms with Crippen molar-refractivity contribution in [3.63, 3.8) is 0 Å². The Kier molecular flexibility index (Phi) is 9.22. The van der Waals surface area contributed by atoms with E-state index < -0.39 is 53.3 Å². The molecule has 0 saturated heterocycles. The third kappa shape index (κ3) is 6.42. The Morgan fingerprint density at radius 3 is 2.03 bits per heavy atom. The van der Waals surface area contributed by atoms with E-state index in [1.807, 2.05) is 0 Å². The number of amides is 3. The number of alkyl halides is 3. The fraction of sp³-hybridized carbons (Fsp3) is 0.571. The summed E-state index contributed by atoms with van der Waals surface area (Å²) < 4.78 is 41.5. The number of aliphatic hydroxyl groups is 1. The Labute approximate surface area is 184 Å². The van der Waals surface area contributed by atoms with Crippen LogP contribution in [0.25, 0.3) is 0 Å². The third-order valence-electron chi connectivity index (χ3n) is 5.16. The van der Waals surface area contributed by atoms with E-state index in [2.05, 4.69) is 10.6 Å². The first kappa shape index (κ1) is 27.4. The molecule has 1 rings (SSSR count). The van der Waals surface area contributed by atoms with Crippen molar-refractivity contribution in [1.29, 1.82) is 0 Å². The van der Waals surface area contributed by atoms with Gasteiger partial charge in [0.2, 0.25) is 11.8 Å². The van der Waals surface area contributed by atoms with Crippen molar-refractivity contribution < 1.29 is 37.9 Å². The average molecular weight is 461 g/mol. The summed E-state index contributed by atoms with van der Waals surface area (Å²) in [5.74, 6) is -6.51. The maximum absolute atomic E-state index is 13.8. The second-order valence-corrected chi connectivity index (χ2v) is 8.56. The van der Waals surface area contributed by atoms with Gasteiger partial charge in [-0.2, -0.15) is 13.2 Å². The van der Waals surface area contributed by atoms with Gasteiger partial charge in [-0.3, -0.25) is 19.6 Å². The summed E-state index contributed by atoms with van der Waals surface area (Å²) in [6.45, 7) is 4.77. The predicted molar refractivity (Wildman–Crippen MR) is 109 cm³/mol. The molecule has 0 spiro atoms. The van der Waals surface area contributed by atoms with Gasteiger partial charge in [-0.25, -0.2) is 5.48 Å². The number of likely N-dealkylation sites (N-methyl/N-ethyl adjacent to an activating group) is 1. The van der Waals surface area contributed by atoms with Gasteiger partial charge in [0.05, 0.1) is 5.92 Å². The topological polar surface area (TPSA) is 128 Å². The lowest BCUT2D eigenvalue weighted by Crippen LogP contribution is -2.65. The first-order valence-corrected chi connectivity index (χ1v) is 9.99. The van der Waals surface area contributed by atoms with Crippen molar-refractivity contribution in [2.24, 2.45) is 11.3 Å². The van der Waals surface area contributed by atoms with Crippen molar-refractivity contribution >= 4 is 17.7 Å². The molecule has 0 aliphatic rings. The van der Waals surface area contributed by atoms with Crippen LogP contribution in [0.2, 0.25) is 0 Å². The van der Waals surface area contributed by atoms with Gasteiger partial charge in [0.1, 0.15) is 6.04 Å². The van der Waals surface area contributed by atoms with E-state index in [1.54, 1.807) is 51.1 Å². The monoisotopic (exact) mass is 461 g/mol. The number of hydrogen-bond acceptors (Lipinski definition) is 5. The molecule has 5 N–H and O–H groups in total. The Balaban J connectivity index is 3.31. The van der Waals surface area contributed by atoms with E-state index in [1.165, 1.54) is 7.05 Å². The maximum Gasteiger partial charge on any atom is 0.427 e. The summed E-state index contributed by atoms with van der Waals surface area (Å²) in [5.41, 5.74) is -3.51. The minimum atomic E-state index is -5.58. The number of benzene rings is 1. The van der Waals surface area contributed by atoms with Crippen LogP contribution in [-0.4, -0.2) is 52.9 Å². The van der Waals surface area contributed by atoms with Gasteiger partial charge in [0, 0.05) is 7.05 Å². The van der Waals surface area contributed by atoms with Gasteiger partial charge in [-0.15, -0.1) is 0 Å². The molecule has 0 saturated carbocycles. The molecule has 1 aromatic carbocycles. The number of carbonyl (C=O) groups excluding carboxylic acids is 3.